The molecule has 3 aromatic rings. The van der Waals surface area contributed by atoms with Crippen molar-refractivity contribution in [3.63, 3.8) is 0 Å². The Morgan fingerprint density at radius 1 is 0.784 bits per heavy atom. The molecule has 37 heavy (non-hydrogen) atoms. The van der Waals surface area contributed by atoms with Gasteiger partial charge in [-0.05, 0) is 42.0 Å². The maximum atomic E-state index is 6.66. The van der Waals surface area contributed by atoms with Crippen molar-refractivity contribution in [3.8, 4) is 17.2 Å². The molecule has 10 nitrogen and oxygen atoms in total. The van der Waals surface area contributed by atoms with Crippen molar-refractivity contribution in [2.75, 3.05) is 86.7 Å². The normalized spacial score (nSPS) is 17.8. The molecule has 0 aliphatic carbocycles. The topological polar surface area (TPSA) is 92.5 Å². The van der Waals surface area contributed by atoms with E-state index in [4.69, 9.17) is 19.9 Å². The summed E-state index contributed by atoms with van der Waals surface area (Å²) in [5, 5.41) is 0. The highest BCUT2D eigenvalue weighted by atomic mass is 16.7. The number of benzene rings is 2. The summed E-state index contributed by atoms with van der Waals surface area (Å²) in [6.45, 7) is 8.33. The largest absolute Gasteiger partial charge is 0.497 e. The lowest BCUT2D eigenvalue weighted by Gasteiger charge is -2.38. The van der Waals surface area contributed by atoms with Gasteiger partial charge in [0.25, 0.3) is 0 Å². The van der Waals surface area contributed by atoms with E-state index in [0.717, 1.165) is 87.8 Å². The van der Waals surface area contributed by atoms with Gasteiger partial charge < -0.3 is 34.6 Å². The molecular weight excluding hydrogens is 470 g/mol. The molecule has 1 aromatic heterocycles. The standard InChI is InChI=1S/C27H33N7O3/c1-35-22-5-3-21(4-6-22)32-12-14-34(15-13-32)27-25(28)26(29-18-30-27)33-10-8-31(9-11-33)17-20-2-7-23-24(16-20)37-19-36-23/h2-7,16,18H,8-15,17,19,28H2,1H3. The fraction of sp³-hybridized carbons (Fsp3) is 0.407. The smallest absolute Gasteiger partial charge is 0.231 e. The SMILES string of the molecule is COc1ccc(N2CCN(c3ncnc(N4CCN(Cc5ccc6c(c5)OCO6)CC4)c3N)CC2)cc1. The molecule has 0 saturated carbocycles. The van der Waals surface area contributed by atoms with Gasteiger partial charge in [0.2, 0.25) is 6.79 Å². The first kappa shape index (κ1) is 23.5. The highest BCUT2D eigenvalue weighted by Gasteiger charge is 2.25. The zero-order valence-corrected chi connectivity index (χ0v) is 21.2. The number of rotatable bonds is 6. The molecule has 4 heterocycles. The number of hydrogen-bond donors (Lipinski definition) is 1. The number of ether oxygens (including phenoxy) is 3. The van der Waals surface area contributed by atoms with Crippen LogP contribution in [0.15, 0.2) is 48.8 Å². The maximum absolute atomic E-state index is 6.66. The number of nitrogens with zero attached hydrogens (tertiary/aromatic N) is 6. The number of aromatic nitrogens is 2. The molecule has 2 fully saturated rings. The van der Waals surface area contributed by atoms with Crippen LogP contribution in [0, 0.1) is 0 Å². The van der Waals surface area contributed by atoms with Gasteiger partial charge in [-0.25, -0.2) is 9.97 Å². The summed E-state index contributed by atoms with van der Waals surface area (Å²) in [4.78, 5) is 18.5. The zero-order valence-electron chi connectivity index (χ0n) is 21.2. The number of anilines is 4. The third-order valence-corrected chi connectivity index (χ3v) is 7.37. The number of piperazine rings is 2. The summed E-state index contributed by atoms with van der Waals surface area (Å²) in [5.74, 6) is 4.21. The fourth-order valence-corrected chi connectivity index (χ4v) is 5.27. The molecule has 6 rings (SSSR count). The second-order valence-electron chi connectivity index (χ2n) is 9.56. The monoisotopic (exact) mass is 503 g/mol. The van der Waals surface area contributed by atoms with Gasteiger partial charge in [0, 0.05) is 64.6 Å². The van der Waals surface area contributed by atoms with Crippen LogP contribution >= 0.6 is 0 Å². The van der Waals surface area contributed by atoms with E-state index in [-0.39, 0.29) is 0 Å². The second-order valence-corrected chi connectivity index (χ2v) is 9.56. The second kappa shape index (κ2) is 10.2. The molecule has 0 amide bonds. The summed E-state index contributed by atoms with van der Waals surface area (Å²) < 4.78 is 16.2. The summed E-state index contributed by atoms with van der Waals surface area (Å²) in [5.41, 5.74) is 9.76. The number of hydrogen-bond acceptors (Lipinski definition) is 10. The molecule has 0 atom stereocenters. The minimum atomic E-state index is 0.304. The lowest BCUT2D eigenvalue weighted by Crippen LogP contribution is -2.48. The molecule has 3 aliphatic rings. The molecule has 0 radical (unpaired) electrons. The van der Waals surface area contributed by atoms with E-state index in [0.29, 0.717) is 12.5 Å². The van der Waals surface area contributed by atoms with E-state index < -0.39 is 0 Å². The number of nitrogen functional groups attached to an aromatic ring is 1. The molecule has 10 heteroatoms. The Hall–Kier alpha value is -3.92. The Balaban J connectivity index is 1.06. The molecule has 2 N–H and O–H groups in total. The Labute approximate surface area is 217 Å². The van der Waals surface area contributed by atoms with Gasteiger partial charge in [-0.2, -0.15) is 0 Å². The van der Waals surface area contributed by atoms with Crippen LogP contribution in [0.2, 0.25) is 0 Å². The predicted molar refractivity (Wildman–Crippen MR) is 144 cm³/mol. The van der Waals surface area contributed by atoms with Gasteiger partial charge in [-0.3, -0.25) is 4.90 Å². The Kier molecular flexibility index (Phi) is 6.48. The minimum absolute atomic E-state index is 0.304. The van der Waals surface area contributed by atoms with Crippen molar-refractivity contribution < 1.29 is 14.2 Å². The quantitative estimate of drug-likeness (QED) is 0.541. The Morgan fingerprint density at radius 2 is 1.41 bits per heavy atom. The average molecular weight is 504 g/mol. The van der Waals surface area contributed by atoms with Crippen molar-refractivity contribution in [1.29, 1.82) is 0 Å². The van der Waals surface area contributed by atoms with Crippen molar-refractivity contribution in [3.05, 3.63) is 54.4 Å². The molecule has 2 aromatic carbocycles. The highest BCUT2D eigenvalue weighted by Crippen LogP contribution is 2.34. The van der Waals surface area contributed by atoms with Gasteiger partial charge in [0.05, 0.1) is 7.11 Å². The Morgan fingerprint density at radius 3 is 2.08 bits per heavy atom. The van der Waals surface area contributed by atoms with Gasteiger partial charge >= 0.3 is 0 Å². The van der Waals surface area contributed by atoms with E-state index in [2.05, 4.69) is 53.8 Å². The summed E-state index contributed by atoms with van der Waals surface area (Å²) >= 11 is 0. The summed E-state index contributed by atoms with van der Waals surface area (Å²) in [7, 11) is 1.69. The van der Waals surface area contributed by atoms with Crippen LogP contribution in [0.5, 0.6) is 17.2 Å². The van der Waals surface area contributed by atoms with E-state index in [1.807, 2.05) is 18.2 Å². The van der Waals surface area contributed by atoms with Crippen LogP contribution < -0.4 is 34.6 Å². The molecule has 3 aliphatic heterocycles. The van der Waals surface area contributed by atoms with Crippen LogP contribution in [0.3, 0.4) is 0 Å². The van der Waals surface area contributed by atoms with Crippen LogP contribution in [0.1, 0.15) is 5.56 Å². The number of fused-ring (bicyclic) bond motifs is 1. The van der Waals surface area contributed by atoms with Gasteiger partial charge in [0.15, 0.2) is 23.1 Å². The molecule has 2 saturated heterocycles. The Bertz CT molecular complexity index is 1220. The third kappa shape index (κ3) is 4.89. The maximum Gasteiger partial charge on any atom is 0.231 e. The average Bonchev–Trinajstić information content (AvgIpc) is 3.42. The first-order valence-corrected chi connectivity index (χ1v) is 12.8. The van der Waals surface area contributed by atoms with Crippen molar-refractivity contribution in [2.45, 2.75) is 6.54 Å². The molecular formula is C27H33N7O3. The van der Waals surface area contributed by atoms with E-state index in [9.17, 15) is 0 Å². The summed E-state index contributed by atoms with van der Waals surface area (Å²) in [6.07, 6.45) is 1.65. The summed E-state index contributed by atoms with van der Waals surface area (Å²) in [6, 6.07) is 14.4. The highest BCUT2D eigenvalue weighted by molar-refractivity contribution is 5.76. The lowest BCUT2D eigenvalue weighted by atomic mass is 10.1. The van der Waals surface area contributed by atoms with Gasteiger partial charge in [-0.15, -0.1) is 0 Å². The van der Waals surface area contributed by atoms with Crippen LogP contribution in [0.4, 0.5) is 23.0 Å². The van der Waals surface area contributed by atoms with Crippen molar-refractivity contribution in [1.82, 2.24) is 14.9 Å². The fourth-order valence-electron chi connectivity index (χ4n) is 5.27. The molecule has 194 valence electrons. The van der Waals surface area contributed by atoms with Gasteiger partial charge in [-0.1, -0.05) is 6.07 Å². The van der Waals surface area contributed by atoms with Crippen LogP contribution in [-0.4, -0.2) is 81.1 Å². The zero-order chi connectivity index (χ0) is 25.2. The first-order chi connectivity index (χ1) is 18.2. The lowest BCUT2D eigenvalue weighted by molar-refractivity contribution is 0.174. The first-order valence-electron chi connectivity index (χ1n) is 12.8. The number of nitrogens with two attached hydrogens (primary N) is 1. The van der Waals surface area contributed by atoms with E-state index >= 15 is 0 Å². The van der Waals surface area contributed by atoms with E-state index in [1.54, 1.807) is 13.4 Å². The predicted octanol–water partition coefficient (Wildman–Crippen LogP) is 2.44. The number of methoxy groups -OCH3 is 1. The van der Waals surface area contributed by atoms with Gasteiger partial charge in [0.1, 0.15) is 17.8 Å². The van der Waals surface area contributed by atoms with Crippen LogP contribution in [0.25, 0.3) is 0 Å². The minimum Gasteiger partial charge on any atom is -0.497 e. The van der Waals surface area contributed by atoms with Crippen molar-refractivity contribution in [2.24, 2.45) is 0 Å². The molecule has 0 bridgehead atoms. The van der Waals surface area contributed by atoms with E-state index in [1.165, 1.54) is 11.3 Å². The molecule has 0 spiro atoms. The van der Waals surface area contributed by atoms with Crippen LogP contribution in [-0.2, 0) is 6.54 Å². The molecule has 0 unspecified atom stereocenters. The third-order valence-electron chi connectivity index (χ3n) is 7.37. The van der Waals surface area contributed by atoms with Crippen molar-refractivity contribution >= 4 is 23.0 Å².